The number of benzene rings is 2. The van der Waals surface area contributed by atoms with Gasteiger partial charge in [0.2, 0.25) is 0 Å². The summed E-state index contributed by atoms with van der Waals surface area (Å²) in [6.07, 6.45) is 7.18. The first-order chi connectivity index (χ1) is 17.5. The van der Waals surface area contributed by atoms with Crippen LogP contribution in [0.5, 0.6) is 0 Å². The van der Waals surface area contributed by atoms with Crippen LogP contribution in [-0.4, -0.2) is 29.3 Å². The lowest BCUT2D eigenvalue weighted by Gasteiger charge is -2.22. The zero-order chi connectivity index (χ0) is 24.8. The van der Waals surface area contributed by atoms with Crippen molar-refractivity contribution in [1.82, 2.24) is 29.3 Å². The van der Waals surface area contributed by atoms with Gasteiger partial charge in [0, 0.05) is 36.4 Å². The van der Waals surface area contributed by atoms with E-state index in [0.717, 1.165) is 50.3 Å². The number of nitrogens with zero attached hydrogens (tertiary/aromatic N) is 5. The molecule has 0 aliphatic rings. The SMILES string of the molecule is Cc1c[nH]c2ncnc(N[C@@H](C)c3cc4cccc(-c5cnn(C)c5)c4c(=O)n3-c3ccccc3)c12. The average molecular weight is 476 g/mol. The summed E-state index contributed by atoms with van der Waals surface area (Å²) >= 11 is 0. The second-order valence-electron chi connectivity index (χ2n) is 9.00. The van der Waals surface area contributed by atoms with E-state index in [2.05, 4.69) is 31.4 Å². The summed E-state index contributed by atoms with van der Waals surface area (Å²) in [6.45, 7) is 4.06. The predicted octanol–water partition coefficient (Wildman–Crippen LogP) is 5.14. The fraction of sp³-hybridized carbons (Fsp3) is 0.143. The molecule has 4 heterocycles. The summed E-state index contributed by atoms with van der Waals surface area (Å²) in [5.74, 6) is 0.725. The first-order valence-electron chi connectivity index (χ1n) is 11.8. The lowest BCUT2D eigenvalue weighted by atomic mass is 9.99. The van der Waals surface area contributed by atoms with Gasteiger partial charge in [-0.3, -0.25) is 14.0 Å². The van der Waals surface area contributed by atoms with E-state index >= 15 is 0 Å². The van der Waals surface area contributed by atoms with Crippen molar-refractivity contribution in [2.75, 3.05) is 5.32 Å². The number of pyridine rings is 1. The third-order valence-corrected chi connectivity index (χ3v) is 6.57. The highest BCUT2D eigenvalue weighted by atomic mass is 16.1. The van der Waals surface area contributed by atoms with Crippen LogP contribution in [0.25, 0.3) is 38.6 Å². The number of para-hydroxylation sites is 1. The van der Waals surface area contributed by atoms with E-state index in [9.17, 15) is 4.79 Å². The zero-order valence-corrected chi connectivity index (χ0v) is 20.2. The molecule has 2 aromatic carbocycles. The summed E-state index contributed by atoms with van der Waals surface area (Å²) in [4.78, 5) is 26.2. The molecule has 8 heteroatoms. The van der Waals surface area contributed by atoms with Crippen molar-refractivity contribution in [3.05, 3.63) is 101 Å². The van der Waals surface area contributed by atoms with Crippen molar-refractivity contribution < 1.29 is 0 Å². The largest absolute Gasteiger partial charge is 0.361 e. The Morgan fingerprint density at radius 1 is 1.03 bits per heavy atom. The van der Waals surface area contributed by atoms with Crippen molar-refractivity contribution >= 4 is 27.6 Å². The Labute approximate surface area is 207 Å². The van der Waals surface area contributed by atoms with Crippen molar-refractivity contribution in [3.63, 3.8) is 0 Å². The normalized spacial score (nSPS) is 12.3. The predicted molar refractivity (Wildman–Crippen MR) is 142 cm³/mol. The van der Waals surface area contributed by atoms with Gasteiger partial charge in [0.05, 0.1) is 23.0 Å². The molecule has 6 aromatic rings. The van der Waals surface area contributed by atoms with Gasteiger partial charge in [-0.05, 0) is 48.6 Å². The number of aromatic nitrogens is 6. The molecule has 0 saturated carbocycles. The molecular formula is C28H25N7O. The summed E-state index contributed by atoms with van der Waals surface area (Å²) < 4.78 is 3.54. The fourth-order valence-electron chi connectivity index (χ4n) is 4.85. The van der Waals surface area contributed by atoms with Crippen LogP contribution in [0, 0.1) is 6.92 Å². The van der Waals surface area contributed by atoms with Crippen LogP contribution < -0.4 is 10.9 Å². The Morgan fingerprint density at radius 2 is 1.86 bits per heavy atom. The van der Waals surface area contributed by atoms with Gasteiger partial charge in [-0.2, -0.15) is 5.10 Å². The second kappa shape index (κ2) is 8.49. The van der Waals surface area contributed by atoms with Crippen molar-refractivity contribution in [3.8, 4) is 16.8 Å². The van der Waals surface area contributed by atoms with Crippen molar-refractivity contribution in [2.45, 2.75) is 19.9 Å². The fourth-order valence-corrected chi connectivity index (χ4v) is 4.85. The number of nitrogens with one attached hydrogen (secondary N) is 2. The number of aryl methyl sites for hydroxylation is 2. The smallest absolute Gasteiger partial charge is 0.263 e. The van der Waals surface area contributed by atoms with E-state index in [1.807, 2.05) is 81.8 Å². The van der Waals surface area contributed by atoms with Gasteiger partial charge in [0.25, 0.3) is 5.56 Å². The number of aromatic amines is 1. The molecule has 4 aromatic heterocycles. The van der Waals surface area contributed by atoms with E-state index in [0.29, 0.717) is 5.39 Å². The molecule has 6 rings (SSSR count). The zero-order valence-electron chi connectivity index (χ0n) is 20.2. The van der Waals surface area contributed by atoms with Crippen LogP contribution in [0.15, 0.2) is 84.3 Å². The van der Waals surface area contributed by atoms with Crippen molar-refractivity contribution in [1.29, 1.82) is 0 Å². The minimum Gasteiger partial charge on any atom is -0.361 e. The van der Waals surface area contributed by atoms with Crippen LogP contribution in [-0.2, 0) is 7.05 Å². The van der Waals surface area contributed by atoms with Gasteiger partial charge in [-0.25, -0.2) is 9.97 Å². The summed E-state index contributed by atoms with van der Waals surface area (Å²) in [7, 11) is 1.87. The van der Waals surface area contributed by atoms with Gasteiger partial charge in [-0.1, -0.05) is 36.4 Å². The van der Waals surface area contributed by atoms with Crippen LogP contribution in [0.2, 0.25) is 0 Å². The topological polar surface area (TPSA) is 93.4 Å². The van der Waals surface area contributed by atoms with Gasteiger partial charge >= 0.3 is 0 Å². The van der Waals surface area contributed by atoms with Gasteiger partial charge in [0.15, 0.2) is 0 Å². The third-order valence-electron chi connectivity index (χ3n) is 6.57. The van der Waals surface area contributed by atoms with Gasteiger partial charge in [0.1, 0.15) is 17.8 Å². The molecule has 0 fully saturated rings. The molecule has 0 bridgehead atoms. The summed E-state index contributed by atoms with van der Waals surface area (Å²) in [5, 5.41) is 10.3. The first kappa shape index (κ1) is 21.8. The van der Waals surface area contributed by atoms with Crippen LogP contribution in [0.1, 0.15) is 24.2 Å². The Morgan fingerprint density at radius 3 is 2.64 bits per heavy atom. The quantitative estimate of drug-likeness (QED) is 0.360. The number of H-pyrrole nitrogens is 1. The Balaban J connectivity index is 1.57. The maximum Gasteiger partial charge on any atom is 0.263 e. The molecule has 1 atom stereocenters. The highest BCUT2D eigenvalue weighted by molar-refractivity contribution is 5.96. The van der Waals surface area contributed by atoms with Crippen molar-refractivity contribution in [2.24, 2.45) is 7.05 Å². The molecular weight excluding hydrogens is 450 g/mol. The van der Waals surface area contributed by atoms with E-state index in [1.54, 1.807) is 15.4 Å². The summed E-state index contributed by atoms with van der Waals surface area (Å²) in [6, 6.07) is 17.5. The molecule has 0 radical (unpaired) electrons. The number of fused-ring (bicyclic) bond motifs is 2. The molecule has 0 amide bonds. The average Bonchev–Trinajstić information content (AvgIpc) is 3.50. The highest BCUT2D eigenvalue weighted by Crippen LogP contribution is 2.31. The highest BCUT2D eigenvalue weighted by Gasteiger charge is 2.20. The lowest BCUT2D eigenvalue weighted by Crippen LogP contribution is -2.26. The number of hydrogen-bond donors (Lipinski definition) is 2. The maximum absolute atomic E-state index is 14.2. The minimum atomic E-state index is -0.225. The molecule has 0 spiro atoms. The van der Waals surface area contributed by atoms with E-state index in [1.165, 1.54) is 6.33 Å². The molecule has 178 valence electrons. The maximum atomic E-state index is 14.2. The first-order valence-corrected chi connectivity index (χ1v) is 11.8. The van der Waals surface area contributed by atoms with E-state index in [4.69, 9.17) is 0 Å². The standard InChI is InChI=1S/C28H25N7O/c1-17-13-29-26-24(17)27(31-16-30-26)33-18(2)23-12-19-8-7-11-22(20-14-32-34(3)15-20)25(19)28(36)35(23)21-9-5-4-6-10-21/h4-16,18H,1-3H3,(H2,29,30,31,33)/t18-/m0/s1. The molecule has 0 unspecified atom stereocenters. The Hall–Kier alpha value is -4.72. The monoisotopic (exact) mass is 475 g/mol. The van der Waals surface area contributed by atoms with Gasteiger partial charge < -0.3 is 10.3 Å². The molecule has 36 heavy (non-hydrogen) atoms. The number of anilines is 1. The minimum absolute atomic E-state index is 0.0764. The molecule has 0 saturated heterocycles. The third kappa shape index (κ3) is 3.54. The summed E-state index contributed by atoms with van der Waals surface area (Å²) in [5.41, 5.74) is 5.17. The van der Waals surface area contributed by atoms with E-state index in [-0.39, 0.29) is 11.6 Å². The second-order valence-corrected chi connectivity index (χ2v) is 9.00. The van der Waals surface area contributed by atoms with Crippen LogP contribution in [0.3, 0.4) is 0 Å². The number of rotatable bonds is 5. The van der Waals surface area contributed by atoms with E-state index < -0.39 is 0 Å². The van der Waals surface area contributed by atoms with Crippen LogP contribution in [0.4, 0.5) is 5.82 Å². The molecule has 8 nitrogen and oxygen atoms in total. The molecule has 2 N–H and O–H groups in total. The van der Waals surface area contributed by atoms with Crippen LogP contribution >= 0.6 is 0 Å². The molecule has 0 aliphatic heterocycles. The van der Waals surface area contributed by atoms with Gasteiger partial charge in [-0.15, -0.1) is 0 Å². The lowest BCUT2D eigenvalue weighted by molar-refractivity contribution is 0.768. The Bertz CT molecular complexity index is 1780. The number of hydrogen-bond acceptors (Lipinski definition) is 5. The molecule has 0 aliphatic carbocycles. The Kier molecular flexibility index (Phi) is 5.14.